The van der Waals surface area contributed by atoms with Crippen LogP contribution < -0.4 is 0 Å². The van der Waals surface area contributed by atoms with Crippen molar-refractivity contribution in [3.05, 3.63) is 163 Å². The maximum Gasteiger partial charge on any atom is 0.161 e. The molecule has 5 heterocycles. The van der Waals surface area contributed by atoms with Gasteiger partial charge in [-0.1, -0.05) is 123 Å². The third-order valence-electron chi connectivity index (χ3n) is 11.6. The number of aromatic nitrogens is 3. The van der Waals surface area contributed by atoms with Crippen molar-refractivity contribution in [3.8, 4) is 39.5 Å². The van der Waals surface area contributed by atoms with Crippen LogP contribution in [0.15, 0.2) is 152 Å². The molecule has 5 heteroatoms. The van der Waals surface area contributed by atoms with Crippen LogP contribution in [-0.2, 0) is 5.41 Å². The number of rotatable bonds is 3. The lowest BCUT2D eigenvalue weighted by Gasteiger charge is -2.35. The Bertz CT molecular complexity index is 3380. The van der Waals surface area contributed by atoms with Crippen molar-refractivity contribution >= 4 is 85.0 Å². The van der Waals surface area contributed by atoms with Gasteiger partial charge in [0, 0.05) is 57.6 Å². The van der Waals surface area contributed by atoms with Crippen LogP contribution in [0.2, 0.25) is 0 Å². The van der Waals surface area contributed by atoms with Gasteiger partial charge in [-0.2, -0.15) is 0 Å². The summed E-state index contributed by atoms with van der Waals surface area (Å²) in [5, 5.41) is 6.24. The summed E-state index contributed by atoms with van der Waals surface area (Å²) in [5.74, 6) is 0.755. The maximum absolute atomic E-state index is 5.37. The molecule has 7 aromatic carbocycles. The molecule has 4 aromatic heterocycles. The molecule has 0 unspecified atom stereocenters. The molecule has 1 aliphatic heterocycles. The molecular formula is C49H31N3S2. The SMILES string of the molecule is CC1(C)c2cc(-c3cccc(-c4nc(-c5cccc6c5sc5ccccc56)nc5ccccc45)c3)ccc2-n2c3c1cccc3c1sc3ccccc3c12. The Balaban J connectivity index is 1.04. The molecule has 0 spiro atoms. The Labute approximate surface area is 319 Å². The number of hydrogen-bond acceptors (Lipinski definition) is 4. The smallest absolute Gasteiger partial charge is 0.161 e. The number of hydrogen-bond donors (Lipinski definition) is 0. The summed E-state index contributed by atoms with van der Waals surface area (Å²) in [6, 6.07) is 55.3. The zero-order valence-corrected chi connectivity index (χ0v) is 31.2. The molecule has 1 aliphatic rings. The highest BCUT2D eigenvalue weighted by Crippen LogP contribution is 2.51. The van der Waals surface area contributed by atoms with Crippen LogP contribution in [0.3, 0.4) is 0 Å². The summed E-state index contributed by atoms with van der Waals surface area (Å²) in [6.07, 6.45) is 0. The van der Waals surface area contributed by atoms with Crippen molar-refractivity contribution in [2.45, 2.75) is 19.3 Å². The molecule has 0 bridgehead atoms. The average Bonchev–Trinajstić information content (AvgIpc) is 3.89. The third kappa shape index (κ3) is 4.11. The lowest BCUT2D eigenvalue weighted by molar-refractivity contribution is 0.630. The van der Waals surface area contributed by atoms with Gasteiger partial charge in [-0.05, 0) is 64.7 Å². The van der Waals surface area contributed by atoms with Crippen molar-refractivity contribution in [1.82, 2.24) is 14.5 Å². The molecule has 0 N–H and O–H groups in total. The van der Waals surface area contributed by atoms with Crippen molar-refractivity contribution in [3.63, 3.8) is 0 Å². The lowest BCUT2D eigenvalue weighted by Crippen LogP contribution is -2.26. The van der Waals surface area contributed by atoms with E-state index in [-0.39, 0.29) is 5.41 Å². The third-order valence-corrected chi connectivity index (χ3v) is 14.0. The first kappa shape index (κ1) is 30.3. The normalized spacial score (nSPS) is 13.5. The first-order valence-corrected chi connectivity index (χ1v) is 20.0. The molecule has 0 saturated heterocycles. The lowest BCUT2D eigenvalue weighted by atomic mass is 9.74. The fourth-order valence-corrected chi connectivity index (χ4v) is 11.4. The molecule has 0 saturated carbocycles. The Hall–Kier alpha value is -6.14. The van der Waals surface area contributed by atoms with E-state index < -0.39 is 0 Å². The first-order valence-electron chi connectivity index (χ1n) is 18.4. The molecule has 11 aromatic rings. The summed E-state index contributed by atoms with van der Waals surface area (Å²) < 4.78 is 7.75. The van der Waals surface area contributed by atoms with Crippen molar-refractivity contribution in [1.29, 1.82) is 0 Å². The summed E-state index contributed by atoms with van der Waals surface area (Å²) in [5.41, 5.74) is 12.9. The second-order valence-electron chi connectivity index (χ2n) is 14.9. The number of thiophene rings is 2. The average molecular weight is 726 g/mol. The number of para-hydroxylation sites is 2. The van der Waals surface area contributed by atoms with Crippen LogP contribution in [0, 0.1) is 0 Å². The van der Waals surface area contributed by atoms with Crippen molar-refractivity contribution in [2.24, 2.45) is 0 Å². The Morgan fingerprint density at radius 2 is 1.15 bits per heavy atom. The van der Waals surface area contributed by atoms with E-state index in [2.05, 4.69) is 170 Å². The van der Waals surface area contributed by atoms with Crippen LogP contribution >= 0.6 is 22.7 Å². The minimum absolute atomic E-state index is 0.180. The molecule has 3 nitrogen and oxygen atoms in total. The zero-order valence-electron chi connectivity index (χ0n) is 29.6. The maximum atomic E-state index is 5.37. The minimum atomic E-state index is -0.180. The fourth-order valence-electron chi connectivity index (χ4n) is 9.00. The van der Waals surface area contributed by atoms with Crippen LogP contribution in [-0.4, -0.2) is 14.5 Å². The van der Waals surface area contributed by atoms with Crippen LogP contribution in [0.1, 0.15) is 25.0 Å². The largest absolute Gasteiger partial charge is 0.307 e. The first-order chi connectivity index (χ1) is 26.5. The molecule has 0 aliphatic carbocycles. The van der Waals surface area contributed by atoms with E-state index in [9.17, 15) is 0 Å². The number of nitrogens with zero attached hydrogens (tertiary/aromatic N) is 3. The van der Waals surface area contributed by atoms with E-state index in [1.54, 1.807) is 0 Å². The molecule has 54 heavy (non-hydrogen) atoms. The Morgan fingerprint density at radius 1 is 0.481 bits per heavy atom. The van der Waals surface area contributed by atoms with Gasteiger partial charge in [-0.25, -0.2) is 9.97 Å². The van der Waals surface area contributed by atoms with Gasteiger partial charge in [0.25, 0.3) is 0 Å². The van der Waals surface area contributed by atoms with E-state index in [4.69, 9.17) is 9.97 Å². The summed E-state index contributed by atoms with van der Waals surface area (Å²) >= 11 is 3.72. The summed E-state index contributed by atoms with van der Waals surface area (Å²) in [4.78, 5) is 10.5. The topological polar surface area (TPSA) is 30.7 Å². The van der Waals surface area contributed by atoms with E-state index in [0.717, 1.165) is 33.5 Å². The highest BCUT2D eigenvalue weighted by atomic mass is 32.1. The van der Waals surface area contributed by atoms with Gasteiger partial charge < -0.3 is 4.57 Å². The highest BCUT2D eigenvalue weighted by molar-refractivity contribution is 7.27. The number of benzene rings is 7. The standard InChI is InChI=1S/C49H31N3S2/c1-49(2)37-20-11-18-35-44(37)52(45-34-16-5-8-23-42(34)54-47(35)45)40-25-24-29(27-38(40)49)28-12-9-13-30(26-28)43-33-15-3-6-21-39(33)50-48(51-43)36-19-10-17-32-31-14-4-7-22-41(31)53-46(32)36/h3-27H,1-2H3. The minimum Gasteiger partial charge on any atom is -0.307 e. The molecule has 0 amide bonds. The Kier molecular flexibility index (Phi) is 6.15. The van der Waals surface area contributed by atoms with Gasteiger partial charge in [0.15, 0.2) is 5.82 Å². The van der Waals surface area contributed by atoms with E-state index >= 15 is 0 Å². The van der Waals surface area contributed by atoms with E-state index in [0.29, 0.717) is 0 Å². The number of fused-ring (bicyclic) bond motifs is 11. The van der Waals surface area contributed by atoms with E-state index in [1.165, 1.54) is 79.3 Å². The highest BCUT2D eigenvalue weighted by Gasteiger charge is 2.36. The molecule has 12 rings (SSSR count). The molecule has 0 atom stereocenters. The zero-order chi connectivity index (χ0) is 35.7. The second kappa shape index (κ2) is 11.0. The van der Waals surface area contributed by atoms with Gasteiger partial charge in [0.2, 0.25) is 0 Å². The van der Waals surface area contributed by atoms with Gasteiger partial charge in [-0.15, -0.1) is 22.7 Å². The summed E-state index contributed by atoms with van der Waals surface area (Å²) in [7, 11) is 0. The van der Waals surface area contributed by atoms with Crippen LogP contribution in [0.5, 0.6) is 0 Å². The second-order valence-corrected chi connectivity index (χ2v) is 17.0. The van der Waals surface area contributed by atoms with E-state index in [1.807, 2.05) is 22.7 Å². The fraction of sp³-hybridized carbons (Fsp3) is 0.0612. The Morgan fingerprint density at radius 3 is 2.04 bits per heavy atom. The van der Waals surface area contributed by atoms with Crippen molar-refractivity contribution < 1.29 is 0 Å². The molecule has 0 radical (unpaired) electrons. The molecule has 254 valence electrons. The van der Waals surface area contributed by atoms with Gasteiger partial charge in [0.1, 0.15) is 0 Å². The van der Waals surface area contributed by atoms with Crippen LogP contribution in [0.25, 0.3) is 102 Å². The monoisotopic (exact) mass is 725 g/mol. The van der Waals surface area contributed by atoms with Crippen LogP contribution in [0.4, 0.5) is 0 Å². The molecule has 0 fully saturated rings. The molecular weight excluding hydrogens is 695 g/mol. The quantitative estimate of drug-likeness (QED) is 0.182. The predicted molar refractivity (Wildman–Crippen MR) is 231 cm³/mol. The van der Waals surface area contributed by atoms with Crippen molar-refractivity contribution in [2.75, 3.05) is 0 Å². The predicted octanol–water partition coefficient (Wildman–Crippen LogP) is 13.9. The van der Waals surface area contributed by atoms with Gasteiger partial charge in [0.05, 0.1) is 32.6 Å². The van der Waals surface area contributed by atoms with Gasteiger partial charge >= 0.3 is 0 Å². The summed E-state index contributed by atoms with van der Waals surface area (Å²) in [6.45, 7) is 4.77. The van der Waals surface area contributed by atoms with Gasteiger partial charge in [-0.3, -0.25) is 0 Å².